The Hall–Kier alpha value is -0.910. The third-order valence-electron chi connectivity index (χ3n) is 3.33. The Morgan fingerprint density at radius 2 is 2.21 bits per heavy atom. The number of aromatic nitrogens is 2. The van der Waals surface area contributed by atoms with Gasteiger partial charge in [-0.1, -0.05) is 6.92 Å². The highest BCUT2D eigenvalue weighted by Crippen LogP contribution is 2.31. The molecule has 6 heteroatoms. The van der Waals surface area contributed by atoms with E-state index in [1.54, 1.807) is 11.3 Å². The van der Waals surface area contributed by atoms with Crippen LogP contribution in [0.4, 0.5) is 5.82 Å². The Kier molecular flexibility index (Phi) is 3.86. The van der Waals surface area contributed by atoms with Crippen molar-refractivity contribution >= 4 is 39.0 Å². The number of hydrogen-bond acceptors (Lipinski definition) is 5. The largest absolute Gasteiger partial charge is 0.381 e. The van der Waals surface area contributed by atoms with Crippen LogP contribution in [-0.2, 0) is 11.2 Å². The molecule has 0 radical (unpaired) electrons. The van der Waals surface area contributed by atoms with Gasteiger partial charge in [0.25, 0.3) is 0 Å². The smallest absolute Gasteiger partial charge is 0.225 e. The summed E-state index contributed by atoms with van der Waals surface area (Å²) in [6, 6.07) is 2.57. The number of anilines is 1. The number of thiophene rings is 1. The van der Waals surface area contributed by atoms with Gasteiger partial charge in [-0.05, 0) is 36.9 Å². The van der Waals surface area contributed by atoms with Crippen molar-refractivity contribution in [3.8, 4) is 0 Å². The molecule has 2 aromatic rings. The molecule has 0 amide bonds. The number of ether oxygens (including phenoxy) is 1. The summed E-state index contributed by atoms with van der Waals surface area (Å²) < 4.78 is 5.37. The molecule has 2 aromatic heterocycles. The average molecular weight is 298 g/mol. The topological polar surface area (TPSA) is 47.0 Å². The van der Waals surface area contributed by atoms with Crippen LogP contribution in [0.2, 0.25) is 5.28 Å². The summed E-state index contributed by atoms with van der Waals surface area (Å²) in [6.45, 7) is 3.76. The second-order valence-corrected chi connectivity index (χ2v) is 6.11. The van der Waals surface area contributed by atoms with E-state index in [9.17, 15) is 0 Å². The Labute approximate surface area is 121 Å². The Bertz CT molecular complexity index is 581. The van der Waals surface area contributed by atoms with Crippen molar-refractivity contribution in [2.45, 2.75) is 32.2 Å². The maximum Gasteiger partial charge on any atom is 0.225 e. The lowest BCUT2D eigenvalue weighted by Gasteiger charge is -2.23. The first kappa shape index (κ1) is 13.1. The molecule has 102 valence electrons. The van der Waals surface area contributed by atoms with E-state index in [-0.39, 0.29) is 0 Å². The fourth-order valence-electron chi connectivity index (χ4n) is 2.26. The normalized spacial score (nSPS) is 16.9. The van der Waals surface area contributed by atoms with Gasteiger partial charge in [-0.25, -0.2) is 9.97 Å². The molecule has 3 rings (SSSR count). The van der Waals surface area contributed by atoms with E-state index in [4.69, 9.17) is 16.3 Å². The molecule has 1 aliphatic heterocycles. The van der Waals surface area contributed by atoms with Crippen LogP contribution in [0.3, 0.4) is 0 Å². The number of rotatable bonds is 3. The van der Waals surface area contributed by atoms with Crippen molar-refractivity contribution in [2.24, 2.45) is 0 Å². The summed E-state index contributed by atoms with van der Waals surface area (Å²) in [5, 5.41) is 4.89. The van der Waals surface area contributed by atoms with E-state index in [0.29, 0.717) is 11.3 Å². The van der Waals surface area contributed by atoms with Crippen LogP contribution in [0.1, 0.15) is 24.6 Å². The van der Waals surface area contributed by atoms with Crippen molar-refractivity contribution in [3.05, 3.63) is 16.2 Å². The molecular formula is C13H16ClN3OS. The van der Waals surface area contributed by atoms with Gasteiger partial charge in [-0.3, -0.25) is 0 Å². The van der Waals surface area contributed by atoms with Crippen molar-refractivity contribution in [1.29, 1.82) is 0 Å². The first-order chi connectivity index (χ1) is 9.26. The maximum absolute atomic E-state index is 6.01. The van der Waals surface area contributed by atoms with Gasteiger partial charge in [0.2, 0.25) is 5.28 Å². The molecule has 1 saturated heterocycles. The molecule has 4 nitrogen and oxygen atoms in total. The molecule has 0 spiro atoms. The summed E-state index contributed by atoms with van der Waals surface area (Å²) in [5.74, 6) is 0.859. The van der Waals surface area contributed by atoms with Crippen molar-refractivity contribution < 1.29 is 4.74 Å². The quantitative estimate of drug-likeness (QED) is 0.881. The SMILES string of the molecule is CCc1cc2c(NC3CCOCC3)nc(Cl)nc2s1. The summed E-state index contributed by atoms with van der Waals surface area (Å²) >= 11 is 7.70. The van der Waals surface area contributed by atoms with Crippen LogP contribution >= 0.6 is 22.9 Å². The number of hydrogen-bond donors (Lipinski definition) is 1. The summed E-state index contributed by atoms with van der Waals surface area (Å²) in [4.78, 5) is 10.9. The Morgan fingerprint density at radius 1 is 1.42 bits per heavy atom. The van der Waals surface area contributed by atoms with Gasteiger partial charge < -0.3 is 10.1 Å². The second-order valence-electron chi connectivity index (χ2n) is 4.66. The van der Waals surface area contributed by atoms with E-state index in [0.717, 1.165) is 48.5 Å². The third kappa shape index (κ3) is 2.83. The molecule has 1 N–H and O–H groups in total. The minimum Gasteiger partial charge on any atom is -0.381 e. The zero-order valence-corrected chi connectivity index (χ0v) is 12.4. The zero-order valence-electron chi connectivity index (χ0n) is 10.8. The molecule has 19 heavy (non-hydrogen) atoms. The van der Waals surface area contributed by atoms with E-state index in [2.05, 4.69) is 28.3 Å². The van der Waals surface area contributed by atoms with Gasteiger partial charge in [0.15, 0.2) is 0 Å². The number of nitrogens with one attached hydrogen (secondary N) is 1. The van der Waals surface area contributed by atoms with E-state index < -0.39 is 0 Å². The van der Waals surface area contributed by atoms with Gasteiger partial charge >= 0.3 is 0 Å². The van der Waals surface area contributed by atoms with Crippen molar-refractivity contribution in [1.82, 2.24) is 9.97 Å². The van der Waals surface area contributed by atoms with E-state index in [1.165, 1.54) is 4.88 Å². The van der Waals surface area contributed by atoms with Crippen LogP contribution in [-0.4, -0.2) is 29.2 Å². The van der Waals surface area contributed by atoms with Gasteiger partial charge in [-0.15, -0.1) is 11.3 Å². The molecule has 3 heterocycles. The van der Waals surface area contributed by atoms with Crippen LogP contribution in [0, 0.1) is 0 Å². The summed E-state index contributed by atoms with van der Waals surface area (Å²) in [6.07, 6.45) is 3.02. The van der Waals surface area contributed by atoms with Gasteiger partial charge in [0.05, 0.1) is 5.39 Å². The molecule has 0 aliphatic carbocycles. The minimum atomic E-state index is 0.312. The van der Waals surface area contributed by atoms with E-state index >= 15 is 0 Å². The van der Waals surface area contributed by atoms with Crippen LogP contribution in [0.25, 0.3) is 10.2 Å². The highest BCUT2D eigenvalue weighted by molar-refractivity contribution is 7.18. The number of fused-ring (bicyclic) bond motifs is 1. The minimum absolute atomic E-state index is 0.312. The molecule has 0 atom stereocenters. The average Bonchev–Trinajstić information content (AvgIpc) is 2.83. The van der Waals surface area contributed by atoms with Crippen molar-refractivity contribution in [3.63, 3.8) is 0 Å². The number of nitrogens with zero attached hydrogens (tertiary/aromatic N) is 2. The maximum atomic E-state index is 6.01. The predicted molar refractivity (Wildman–Crippen MR) is 79.3 cm³/mol. The highest BCUT2D eigenvalue weighted by atomic mass is 35.5. The molecular weight excluding hydrogens is 282 g/mol. The standard InChI is InChI=1S/C13H16ClN3OS/c1-2-9-7-10-11(15-8-3-5-18-6-4-8)16-13(14)17-12(10)19-9/h7-8H,2-6H2,1H3,(H,15,16,17). The fraction of sp³-hybridized carbons (Fsp3) is 0.538. The lowest BCUT2D eigenvalue weighted by atomic mass is 10.1. The molecule has 1 aliphatic rings. The predicted octanol–water partition coefficient (Wildman–Crippen LogP) is 3.50. The number of halogens is 1. The summed E-state index contributed by atoms with van der Waals surface area (Å²) in [7, 11) is 0. The lowest BCUT2D eigenvalue weighted by molar-refractivity contribution is 0.0904. The summed E-state index contributed by atoms with van der Waals surface area (Å²) in [5.41, 5.74) is 0. The fourth-order valence-corrected chi connectivity index (χ4v) is 3.45. The Balaban J connectivity index is 1.94. The highest BCUT2D eigenvalue weighted by Gasteiger charge is 2.17. The molecule has 1 fully saturated rings. The molecule has 0 unspecified atom stereocenters. The van der Waals surface area contributed by atoms with Gasteiger partial charge in [0, 0.05) is 24.1 Å². The first-order valence-corrected chi connectivity index (χ1v) is 7.76. The molecule has 0 aromatic carbocycles. The monoisotopic (exact) mass is 297 g/mol. The molecule has 0 saturated carbocycles. The lowest BCUT2D eigenvalue weighted by Crippen LogP contribution is -2.28. The van der Waals surface area contributed by atoms with E-state index in [1.807, 2.05) is 0 Å². The second kappa shape index (κ2) is 5.61. The van der Waals surface area contributed by atoms with Crippen molar-refractivity contribution in [2.75, 3.05) is 18.5 Å². The number of aryl methyl sites for hydroxylation is 1. The van der Waals surface area contributed by atoms with Gasteiger partial charge in [-0.2, -0.15) is 0 Å². The molecule has 0 bridgehead atoms. The van der Waals surface area contributed by atoms with Crippen LogP contribution in [0.5, 0.6) is 0 Å². The van der Waals surface area contributed by atoms with Gasteiger partial charge in [0.1, 0.15) is 10.6 Å². The zero-order chi connectivity index (χ0) is 13.2. The van der Waals surface area contributed by atoms with Crippen LogP contribution < -0.4 is 5.32 Å². The third-order valence-corrected chi connectivity index (χ3v) is 4.67. The Morgan fingerprint density at radius 3 is 2.95 bits per heavy atom. The van der Waals surface area contributed by atoms with Crippen LogP contribution in [0.15, 0.2) is 6.07 Å². The first-order valence-electron chi connectivity index (χ1n) is 6.56.